The number of carbonyl (C=O) groups excluding carboxylic acids is 1. The van der Waals surface area contributed by atoms with Crippen LogP contribution in [0.3, 0.4) is 0 Å². The number of rotatable bonds is 2. The smallest absolute Gasteiger partial charge is 0.409 e. The van der Waals surface area contributed by atoms with Crippen LogP contribution in [-0.4, -0.2) is 53.7 Å². The molecule has 0 radical (unpaired) electrons. The topological polar surface area (TPSA) is 81.4 Å². The number of imidazole rings is 1. The number of hydrogen-bond acceptors (Lipinski definition) is 4. The predicted octanol–water partition coefficient (Wildman–Crippen LogP) is 1.13. The molecule has 1 aromatic heterocycles. The summed E-state index contributed by atoms with van der Waals surface area (Å²) in [6, 6.07) is 5.82. The Morgan fingerprint density at radius 2 is 1.90 bits per heavy atom. The molecule has 2 N–H and O–H groups in total. The van der Waals surface area contributed by atoms with Crippen LogP contribution in [-0.2, 0) is 4.74 Å². The van der Waals surface area contributed by atoms with Crippen molar-refractivity contribution >= 4 is 22.8 Å². The number of hydrogen-bond donors (Lipinski definition) is 2. The van der Waals surface area contributed by atoms with Crippen molar-refractivity contribution in [3.05, 3.63) is 28.7 Å². The molecular formula is C14H18N4O3. The zero-order valence-electron chi connectivity index (χ0n) is 11.9. The molecule has 112 valence electrons. The van der Waals surface area contributed by atoms with Crippen molar-refractivity contribution in [1.82, 2.24) is 14.9 Å². The molecule has 1 aliphatic rings. The van der Waals surface area contributed by atoms with Gasteiger partial charge in [-0.05, 0) is 25.1 Å². The van der Waals surface area contributed by atoms with Crippen LogP contribution in [0.5, 0.6) is 0 Å². The highest BCUT2D eigenvalue weighted by Crippen LogP contribution is 2.20. The minimum atomic E-state index is -0.248. The number of aromatic amines is 2. The third-order valence-electron chi connectivity index (χ3n) is 3.67. The van der Waals surface area contributed by atoms with Crippen LogP contribution < -0.4 is 10.6 Å². The molecular weight excluding hydrogens is 272 g/mol. The summed E-state index contributed by atoms with van der Waals surface area (Å²) in [5, 5.41) is 0. The Labute approximate surface area is 121 Å². The van der Waals surface area contributed by atoms with Gasteiger partial charge in [-0.25, -0.2) is 9.59 Å². The summed E-state index contributed by atoms with van der Waals surface area (Å²) in [5.41, 5.74) is 2.44. The molecule has 21 heavy (non-hydrogen) atoms. The molecule has 1 aliphatic heterocycles. The van der Waals surface area contributed by atoms with Gasteiger partial charge in [-0.3, -0.25) is 0 Å². The Kier molecular flexibility index (Phi) is 3.55. The summed E-state index contributed by atoms with van der Waals surface area (Å²) in [7, 11) is 0. The lowest BCUT2D eigenvalue weighted by Crippen LogP contribution is -2.49. The first kappa shape index (κ1) is 13.5. The summed E-state index contributed by atoms with van der Waals surface area (Å²) < 4.78 is 5.01. The Hall–Kier alpha value is -2.44. The summed E-state index contributed by atoms with van der Waals surface area (Å²) >= 11 is 0. The van der Waals surface area contributed by atoms with Gasteiger partial charge in [0.2, 0.25) is 0 Å². The van der Waals surface area contributed by atoms with E-state index in [2.05, 4.69) is 14.9 Å². The molecule has 0 unspecified atom stereocenters. The quantitative estimate of drug-likeness (QED) is 0.869. The van der Waals surface area contributed by atoms with Gasteiger partial charge < -0.3 is 24.5 Å². The average molecular weight is 290 g/mol. The summed E-state index contributed by atoms with van der Waals surface area (Å²) in [6.45, 7) is 4.98. The van der Waals surface area contributed by atoms with Crippen molar-refractivity contribution in [3.63, 3.8) is 0 Å². The third kappa shape index (κ3) is 2.72. The Bertz CT molecular complexity index is 698. The first-order valence-electron chi connectivity index (χ1n) is 7.06. The van der Waals surface area contributed by atoms with Crippen LogP contribution in [0.1, 0.15) is 6.92 Å². The van der Waals surface area contributed by atoms with Crippen molar-refractivity contribution in [3.8, 4) is 0 Å². The number of piperazine rings is 1. The van der Waals surface area contributed by atoms with Crippen molar-refractivity contribution in [2.24, 2.45) is 0 Å². The largest absolute Gasteiger partial charge is 0.450 e. The van der Waals surface area contributed by atoms with E-state index >= 15 is 0 Å². The predicted molar refractivity (Wildman–Crippen MR) is 79.7 cm³/mol. The normalized spacial score (nSPS) is 15.5. The highest BCUT2D eigenvalue weighted by atomic mass is 16.6. The number of H-pyrrole nitrogens is 2. The van der Waals surface area contributed by atoms with Gasteiger partial charge in [0, 0.05) is 31.9 Å². The van der Waals surface area contributed by atoms with Gasteiger partial charge in [0.1, 0.15) is 0 Å². The van der Waals surface area contributed by atoms with Crippen LogP contribution in [0.2, 0.25) is 0 Å². The SMILES string of the molecule is CCOC(=O)N1CCN(c2ccc3[nH]c(=O)[nH]c3c2)CC1. The zero-order chi connectivity index (χ0) is 14.8. The van der Waals surface area contributed by atoms with E-state index in [0.29, 0.717) is 19.7 Å². The van der Waals surface area contributed by atoms with E-state index in [1.54, 1.807) is 11.8 Å². The minimum absolute atomic E-state index is 0.200. The maximum Gasteiger partial charge on any atom is 0.409 e. The molecule has 1 aromatic carbocycles. The number of aromatic nitrogens is 2. The van der Waals surface area contributed by atoms with E-state index in [0.717, 1.165) is 29.8 Å². The van der Waals surface area contributed by atoms with Crippen LogP contribution in [0.25, 0.3) is 11.0 Å². The minimum Gasteiger partial charge on any atom is -0.450 e. The molecule has 0 bridgehead atoms. The number of nitrogens with one attached hydrogen (secondary N) is 2. The van der Waals surface area contributed by atoms with Gasteiger partial charge in [0.25, 0.3) is 0 Å². The maximum absolute atomic E-state index is 11.7. The summed E-state index contributed by atoms with van der Waals surface area (Å²) in [6.07, 6.45) is -0.248. The Morgan fingerprint density at radius 3 is 2.62 bits per heavy atom. The summed E-state index contributed by atoms with van der Waals surface area (Å²) in [4.78, 5) is 32.3. The molecule has 1 fully saturated rings. The molecule has 7 heteroatoms. The average Bonchev–Trinajstić information content (AvgIpc) is 2.86. The number of anilines is 1. The molecule has 7 nitrogen and oxygen atoms in total. The maximum atomic E-state index is 11.7. The van der Waals surface area contributed by atoms with Gasteiger partial charge >= 0.3 is 11.8 Å². The van der Waals surface area contributed by atoms with Gasteiger partial charge in [-0.2, -0.15) is 0 Å². The highest BCUT2D eigenvalue weighted by Gasteiger charge is 2.22. The molecule has 0 spiro atoms. The lowest BCUT2D eigenvalue weighted by Gasteiger charge is -2.35. The molecule has 0 saturated carbocycles. The van der Waals surface area contributed by atoms with E-state index in [-0.39, 0.29) is 11.8 Å². The number of amides is 1. The second kappa shape index (κ2) is 5.51. The fourth-order valence-corrected chi connectivity index (χ4v) is 2.58. The lowest BCUT2D eigenvalue weighted by molar-refractivity contribution is 0.105. The molecule has 2 heterocycles. The van der Waals surface area contributed by atoms with E-state index < -0.39 is 0 Å². The first-order valence-corrected chi connectivity index (χ1v) is 7.06. The molecule has 2 aromatic rings. The van der Waals surface area contributed by atoms with E-state index in [4.69, 9.17) is 4.74 Å². The Morgan fingerprint density at radius 1 is 1.19 bits per heavy atom. The first-order chi connectivity index (χ1) is 10.2. The molecule has 1 amide bonds. The van der Waals surface area contributed by atoms with Gasteiger partial charge in [0.05, 0.1) is 17.6 Å². The van der Waals surface area contributed by atoms with E-state index in [1.165, 1.54) is 0 Å². The molecule has 0 atom stereocenters. The van der Waals surface area contributed by atoms with E-state index in [1.807, 2.05) is 18.2 Å². The van der Waals surface area contributed by atoms with Crippen molar-refractivity contribution in [2.75, 3.05) is 37.7 Å². The van der Waals surface area contributed by atoms with Gasteiger partial charge in [-0.1, -0.05) is 0 Å². The third-order valence-corrected chi connectivity index (χ3v) is 3.67. The van der Waals surface area contributed by atoms with Crippen molar-refractivity contribution < 1.29 is 9.53 Å². The highest BCUT2D eigenvalue weighted by molar-refractivity contribution is 5.79. The standard InChI is InChI=1S/C14H18N4O3/c1-2-21-14(20)18-7-5-17(6-8-18)10-3-4-11-12(9-10)16-13(19)15-11/h3-4,9H,2,5-8H2,1H3,(H2,15,16,19). The monoisotopic (exact) mass is 290 g/mol. The van der Waals surface area contributed by atoms with Crippen LogP contribution >= 0.6 is 0 Å². The van der Waals surface area contributed by atoms with E-state index in [9.17, 15) is 9.59 Å². The van der Waals surface area contributed by atoms with Crippen LogP contribution in [0, 0.1) is 0 Å². The number of carbonyl (C=O) groups is 1. The van der Waals surface area contributed by atoms with Crippen molar-refractivity contribution in [1.29, 1.82) is 0 Å². The Balaban J connectivity index is 1.70. The van der Waals surface area contributed by atoms with Crippen LogP contribution in [0.4, 0.5) is 10.5 Å². The number of fused-ring (bicyclic) bond motifs is 1. The fourth-order valence-electron chi connectivity index (χ4n) is 2.58. The van der Waals surface area contributed by atoms with Gasteiger partial charge in [-0.15, -0.1) is 0 Å². The lowest BCUT2D eigenvalue weighted by atomic mass is 10.2. The fraction of sp³-hybridized carbons (Fsp3) is 0.429. The van der Waals surface area contributed by atoms with Gasteiger partial charge in [0.15, 0.2) is 0 Å². The number of ether oxygens (including phenoxy) is 1. The molecule has 3 rings (SSSR count). The molecule has 0 aliphatic carbocycles. The number of nitrogens with zero attached hydrogens (tertiary/aromatic N) is 2. The molecule has 1 saturated heterocycles. The van der Waals surface area contributed by atoms with Crippen molar-refractivity contribution in [2.45, 2.75) is 6.92 Å². The second-order valence-corrected chi connectivity index (χ2v) is 4.98. The summed E-state index contributed by atoms with van der Waals surface area (Å²) in [5.74, 6) is 0. The number of benzene rings is 1. The van der Waals surface area contributed by atoms with Crippen LogP contribution in [0.15, 0.2) is 23.0 Å². The zero-order valence-corrected chi connectivity index (χ0v) is 11.9. The second-order valence-electron chi connectivity index (χ2n) is 4.98.